The third kappa shape index (κ3) is 5.09. The fraction of sp³-hybridized carbons (Fsp3) is 0.278. The minimum atomic E-state index is -0.314. The molecule has 0 fully saturated rings. The Bertz CT molecular complexity index is 720. The highest BCUT2D eigenvalue weighted by molar-refractivity contribution is 5.92. The second kappa shape index (κ2) is 8.89. The number of ether oxygens (including phenoxy) is 3. The van der Waals surface area contributed by atoms with Crippen molar-refractivity contribution in [1.82, 2.24) is 0 Å². The molecule has 134 valence electrons. The van der Waals surface area contributed by atoms with Crippen molar-refractivity contribution in [3.63, 3.8) is 0 Å². The molecule has 1 atom stereocenters. The van der Waals surface area contributed by atoms with E-state index in [1.165, 1.54) is 12.1 Å². The van der Waals surface area contributed by atoms with E-state index >= 15 is 0 Å². The molecule has 0 heterocycles. The monoisotopic (exact) mass is 347 g/mol. The SMILES string of the molecule is COc1ccc(NC(N)=NCC(OC)c2ccc(F)cc2)cc1OC. The highest BCUT2D eigenvalue weighted by Gasteiger charge is 2.10. The molecule has 25 heavy (non-hydrogen) atoms. The van der Waals surface area contributed by atoms with Gasteiger partial charge in [-0.3, -0.25) is 4.99 Å². The molecule has 3 N–H and O–H groups in total. The molecule has 0 saturated heterocycles. The second-order valence-corrected chi connectivity index (χ2v) is 5.20. The summed E-state index contributed by atoms with van der Waals surface area (Å²) in [6, 6.07) is 11.4. The predicted octanol–water partition coefficient (Wildman–Crippen LogP) is 2.96. The Hall–Kier alpha value is -2.80. The van der Waals surface area contributed by atoms with Crippen LogP contribution in [0.1, 0.15) is 11.7 Å². The molecule has 0 amide bonds. The molecule has 0 aliphatic carbocycles. The van der Waals surface area contributed by atoms with Gasteiger partial charge in [0.25, 0.3) is 0 Å². The first kappa shape index (κ1) is 18.5. The second-order valence-electron chi connectivity index (χ2n) is 5.20. The number of nitrogens with two attached hydrogens (primary N) is 1. The lowest BCUT2D eigenvalue weighted by Crippen LogP contribution is -2.24. The molecule has 7 heteroatoms. The van der Waals surface area contributed by atoms with Crippen LogP contribution in [-0.2, 0) is 4.74 Å². The number of halogens is 1. The molecule has 0 aliphatic rings. The summed E-state index contributed by atoms with van der Waals surface area (Å²) in [5.74, 6) is 1.15. The van der Waals surface area contributed by atoms with Crippen LogP contribution in [-0.4, -0.2) is 33.8 Å². The van der Waals surface area contributed by atoms with Crippen LogP contribution in [0.3, 0.4) is 0 Å². The molecule has 2 aromatic carbocycles. The lowest BCUT2D eigenvalue weighted by Gasteiger charge is -2.14. The Labute approximate surface area is 146 Å². The van der Waals surface area contributed by atoms with E-state index in [9.17, 15) is 4.39 Å². The summed E-state index contributed by atoms with van der Waals surface area (Å²) in [5, 5.41) is 2.98. The molecule has 0 aromatic heterocycles. The first-order valence-electron chi connectivity index (χ1n) is 7.64. The number of rotatable bonds is 7. The molecule has 0 bridgehead atoms. The summed E-state index contributed by atoms with van der Waals surface area (Å²) in [7, 11) is 4.70. The fourth-order valence-corrected chi connectivity index (χ4v) is 2.28. The first-order chi connectivity index (χ1) is 12.1. The summed E-state index contributed by atoms with van der Waals surface area (Å²) in [6.45, 7) is 0.300. The minimum absolute atomic E-state index is 0.233. The van der Waals surface area contributed by atoms with Gasteiger partial charge in [-0.15, -0.1) is 0 Å². The quantitative estimate of drug-likeness (QED) is 0.595. The topological polar surface area (TPSA) is 78.1 Å². The normalized spacial score (nSPS) is 12.6. The van der Waals surface area contributed by atoms with Crippen molar-refractivity contribution in [2.45, 2.75) is 6.10 Å². The van der Waals surface area contributed by atoms with Gasteiger partial charge in [0, 0.05) is 18.9 Å². The van der Waals surface area contributed by atoms with Gasteiger partial charge < -0.3 is 25.3 Å². The highest BCUT2D eigenvalue weighted by Crippen LogP contribution is 2.29. The zero-order valence-corrected chi connectivity index (χ0v) is 14.5. The number of nitrogens with one attached hydrogen (secondary N) is 1. The van der Waals surface area contributed by atoms with Crippen molar-refractivity contribution in [2.24, 2.45) is 10.7 Å². The van der Waals surface area contributed by atoms with Gasteiger partial charge in [-0.2, -0.15) is 0 Å². The van der Waals surface area contributed by atoms with Crippen LogP contribution in [0, 0.1) is 5.82 Å². The van der Waals surface area contributed by atoms with Crippen LogP contribution in [0.2, 0.25) is 0 Å². The Kier molecular flexibility index (Phi) is 6.59. The summed E-state index contributed by atoms with van der Waals surface area (Å²) in [4.78, 5) is 4.28. The maximum atomic E-state index is 13.0. The van der Waals surface area contributed by atoms with Crippen LogP contribution in [0.15, 0.2) is 47.5 Å². The Morgan fingerprint density at radius 2 is 1.76 bits per heavy atom. The van der Waals surface area contributed by atoms with E-state index in [1.807, 2.05) is 0 Å². The lowest BCUT2D eigenvalue weighted by molar-refractivity contribution is 0.111. The minimum Gasteiger partial charge on any atom is -0.493 e. The summed E-state index contributed by atoms with van der Waals surface area (Å²) >= 11 is 0. The first-order valence-corrected chi connectivity index (χ1v) is 7.64. The molecule has 1 unspecified atom stereocenters. The average molecular weight is 347 g/mol. The Morgan fingerprint density at radius 3 is 2.36 bits per heavy atom. The molecular weight excluding hydrogens is 325 g/mol. The number of methoxy groups -OCH3 is 3. The van der Waals surface area contributed by atoms with Gasteiger partial charge in [0.2, 0.25) is 0 Å². The van der Waals surface area contributed by atoms with Crippen LogP contribution >= 0.6 is 0 Å². The molecule has 6 nitrogen and oxygen atoms in total. The van der Waals surface area contributed by atoms with E-state index in [1.54, 1.807) is 51.7 Å². The number of aliphatic imine (C=N–C) groups is 1. The lowest BCUT2D eigenvalue weighted by atomic mass is 10.1. The van der Waals surface area contributed by atoms with Crippen LogP contribution < -0.4 is 20.5 Å². The van der Waals surface area contributed by atoms with E-state index < -0.39 is 0 Å². The van der Waals surface area contributed by atoms with Crippen molar-refractivity contribution in [3.05, 3.63) is 53.8 Å². The van der Waals surface area contributed by atoms with Gasteiger partial charge in [-0.05, 0) is 29.8 Å². The number of benzene rings is 2. The molecular formula is C18H22FN3O3. The van der Waals surface area contributed by atoms with Crippen molar-refractivity contribution >= 4 is 11.6 Å². The smallest absolute Gasteiger partial charge is 0.193 e. The van der Waals surface area contributed by atoms with Gasteiger partial charge in [0.15, 0.2) is 17.5 Å². The molecule has 0 radical (unpaired) electrons. The van der Waals surface area contributed by atoms with Gasteiger partial charge in [-0.1, -0.05) is 12.1 Å². The number of anilines is 1. The average Bonchev–Trinajstić information content (AvgIpc) is 2.63. The number of hydrogen-bond acceptors (Lipinski definition) is 4. The van der Waals surface area contributed by atoms with Gasteiger partial charge in [0.05, 0.1) is 20.8 Å². The van der Waals surface area contributed by atoms with Crippen LogP contribution in [0.4, 0.5) is 10.1 Å². The number of nitrogens with zero attached hydrogens (tertiary/aromatic N) is 1. The molecule has 2 rings (SSSR count). The van der Waals surface area contributed by atoms with E-state index in [0.717, 1.165) is 11.3 Å². The molecule has 0 spiro atoms. The maximum absolute atomic E-state index is 13.0. The molecule has 0 saturated carbocycles. The predicted molar refractivity (Wildman–Crippen MR) is 95.8 cm³/mol. The third-order valence-electron chi connectivity index (χ3n) is 3.61. The van der Waals surface area contributed by atoms with Crippen molar-refractivity contribution in [1.29, 1.82) is 0 Å². The maximum Gasteiger partial charge on any atom is 0.193 e. The van der Waals surface area contributed by atoms with E-state index in [4.69, 9.17) is 19.9 Å². The van der Waals surface area contributed by atoms with Crippen molar-refractivity contribution < 1.29 is 18.6 Å². The Morgan fingerprint density at radius 1 is 1.08 bits per heavy atom. The zero-order valence-electron chi connectivity index (χ0n) is 14.5. The summed E-state index contributed by atoms with van der Waals surface area (Å²) in [5.41, 5.74) is 7.47. The standard InChI is InChI=1S/C18H22FN3O3/c1-23-15-9-8-14(10-16(15)24-2)22-18(20)21-11-17(25-3)12-4-6-13(19)7-5-12/h4-10,17H,11H2,1-3H3,(H3,20,21,22). The number of guanidine groups is 1. The van der Waals surface area contributed by atoms with E-state index in [0.29, 0.717) is 18.0 Å². The summed E-state index contributed by atoms with van der Waals surface area (Å²) in [6.07, 6.45) is -0.314. The van der Waals surface area contributed by atoms with Crippen LogP contribution in [0.25, 0.3) is 0 Å². The highest BCUT2D eigenvalue weighted by atomic mass is 19.1. The van der Waals surface area contributed by atoms with E-state index in [-0.39, 0.29) is 17.9 Å². The summed E-state index contributed by atoms with van der Waals surface area (Å²) < 4.78 is 28.8. The Balaban J connectivity index is 2.04. The zero-order chi connectivity index (χ0) is 18.2. The number of hydrogen-bond donors (Lipinski definition) is 2. The third-order valence-corrected chi connectivity index (χ3v) is 3.61. The molecule has 0 aliphatic heterocycles. The molecule has 2 aromatic rings. The van der Waals surface area contributed by atoms with Gasteiger partial charge in [-0.25, -0.2) is 4.39 Å². The van der Waals surface area contributed by atoms with Gasteiger partial charge in [0.1, 0.15) is 11.9 Å². The van der Waals surface area contributed by atoms with Gasteiger partial charge >= 0.3 is 0 Å². The van der Waals surface area contributed by atoms with Crippen LogP contribution in [0.5, 0.6) is 11.5 Å². The fourth-order valence-electron chi connectivity index (χ4n) is 2.28. The van der Waals surface area contributed by atoms with Crippen molar-refractivity contribution in [2.75, 3.05) is 33.2 Å². The van der Waals surface area contributed by atoms with Crippen molar-refractivity contribution in [3.8, 4) is 11.5 Å². The largest absolute Gasteiger partial charge is 0.493 e. The van der Waals surface area contributed by atoms with E-state index in [2.05, 4.69) is 10.3 Å².